The van der Waals surface area contributed by atoms with Crippen LogP contribution < -0.4 is 10.6 Å². The molecule has 1 aromatic heterocycles. The van der Waals surface area contributed by atoms with Crippen molar-refractivity contribution in [2.75, 3.05) is 11.9 Å². The van der Waals surface area contributed by atoms with Crippen LogP contribution in [0, 0.1) is 11.8 Å². The summed E-state index contributed by atoms with van der Waals surface area (Å²) in [6.45, 7) is 0.842. The van der Waals surface area contributed by atoms with Crippen LogP contribution in [0.25, 0.3) is 0 Å². The third-order valence-corrected chi connectivity index (χ3v) is 3.95. The first kappa shape index (κ1) is 18.0. The van der Waals surface area contributed by atoms with Crippen molar-refractivity contribution in [3.05, 3.63) is 59.4 Å². The number of carbonyl (C=O) groups is 1. The van der Waals surface area contributed by atoms with Gasteiger partial charge in [-0.1, -0.05) is 5.92 Å². The van der Waals surface area contributed by atoms with Crippen molar-refractivity contribution in [2.45, 2.75) is 25.1 Å². The molecule has 0 radical (unpaired) electrons. The lowest BCUT2D eigenvalue weighted by Crippen LogP contribution is -2.35. The number of hydrogen-bond acceptors (Lipinski definition) is 3. The molecular weight excluding hydrogens is 343 g/mol. The Morgan fingerprint density at radius 2 is 1.92 bits per heavy atom. The molecule has 0 aliphatic carbocycles. The van der Waals surface area contributed by atoms with E-state index in [9.17, 15) is 18.0 Å². The van der Waals surface area contributed by atoms with Gasteiger partial charge in [-0.05, 0) is 61.7 Å². The van der Waals surface area contributed by atoms with Gasteiger partial charge in [-0.2, -0.15) is 13.2 Å². The molecule has 1 atom stereocenters. The van der Waals surface area contributed by atoms with Crippen LogP contribution in [-0.2, 0) is 11.0 Å². The van der Waals surface area contributed by atoms with Gasteiger partial charge in [-0.3, -0.25) is 4.79 Å². The average Bonchev–Trinajstić information content (AvgIpc) is 3.15. The number of halogens is 3. The molecule has 2 N–H and O–H groups in total. The second-order valence-electron chi connectivity index (χ2n) is 5.90. The summed E-state index contributed by atoms with van der Waals surface area (Å²) in [6, 6.07) is 7.79. The van der Waals surface area contributed by atoms with Gasteiger partial charge in [-0.15, -0.1) is 0 Å². The SMILES string of the molecule is O=C(Nc1ccc(C#Cc2ccc(C(F)(F)F)cc2)nc1)[C@H]1CCCN1. The number of rotatable bonds is 2. The van der Waals surface area contributed by atoms with Gasteiger partial charge in [0.15, 0.2) is 0 Å². The highest BCUT2D eigenvalue weighted by Gasteiger charge is 2.29. The van der Waals surface area contributed by atoms with Crippen LogP contribution in [0.5, 0.6) is 0 Å². The van der Waals surface area contributed by atoms with Crippen LogP contribution in [0.1, 0.15) is 29.7 Å². The van der Waals surface area contributed by atoms with E-state index in [0.29, 0.717) is 16.9 Å². The van der Waals surface area contributed by atoms with E-state index in [-0.39, 0.29) is 11.9 Å². The molecule has 1 aromatic carbocycles. The Morgan fingerprint density at radius 1 is 1.15 bits per heavy atom. The topological polar surface area (TPSA) is 54.0 Å². The lowest BCUT2D eigenvalue weighted by atomic mass is 10.1. The summed E-state index contributed by atoms with van der Waals surface area (Å²) in [5.74, 6) is 5.46. The fourth-order valence-electron chi connectivity index (χ4n) is 2.56. The molecule has 26 heavy (non-hydrogen) atoms. The van der Waals surface area contributed by atoms with Gasteiger partial charge in [0.2, 0.25) is 5.91 Å². The largest absolute Gasteiger partial charge is 0.416 e. The Morgan fingerprint density at radius 3 is 2.50 bits per heavy atom. The van der Waals surface area contributed by atoms with E-state index in [1.54, 1.807) is 12.1 Å². The molecule has 1 aliphatic rings. The van der Waals surface area contributed by atoms with Crippen molar-refractivity contribution in [3.63, 3.8) is 0 Å². The second-order valence-corrected chi connectivity index (χ2v) is 5.90. The molecule has 0 saturated carbocycles. The van der Waals surface area contributed by atoms with Crippen LogP contribution in [0.15, 0.2) is 42.6 Å². The number of carbonyl (C=O) groups excluding carboxylic acids is 1. The smallest absolute Gasteiger partial charge is 0.323 e. The molecule has 1 saturated heterocycles. The zero-order valence-corrected chi connectivity index (χ0v) is 13.7. The van der Waals surface area contributed by atoms with Crippen molar-refractivity contribution in [1.82, 2.24) is 10.3 Å². The summed E-state index contributed by atoms with van der Waals surface area (Å²) in [6.07, 6.45) is -1.06. The van der Waals surface area contributed by atoms with Gasteiger partial charge in [0.05, 0.1) is 23.5 Å². The molecule has 4 nitrogen and oxygen atoms in total. The maximum absolute atomic E-state index is 12.5. The molecule has 7 heteroatoms. The Bertz CT molecular complexity index is 828. The van der Waals surface area contributed by atoms with Crippen LogP contribution >= 0.6 is 0 Å². The summed E-state index contributed by atoms with van der Waals surface area (Å²) in [7, 11) is 0. The monoisotopic (exact) mass is 359 g/mol. The molecule has 1 amide bonds. The summed E-state index contributed by atoms with van der Waals surface area (Å²) in [4.78, 5) is 16.1. The zero-order chi connectivity index (χ0) is 18.6. The molecule has 2 heterocycles. The van der Waals surface area contributed by atoms with Crippen molar-refractivity contribution in [3.8, 4) is 11.8 Å². The number of nitrogens with zero attached hydrogens (tertiary/aromatic N) is 1. The number of alkyl halides is 3. The zero-order valence-electron chi connectivity index (χ0n) is 13.7. The molecule has 1 aliphatic heterocycles. The second kappa shape index (κ2) is 7.58. The Balaban J connectivity index is 1.62. The minimum Gasteiger partial charge on any atom is -0.323 e. The number of hydrogen-bond donors (Lipinski definition) is 2. The highest BCUT2D eigenvalue weighted by atomic mass is 19.4. The van der Waals surface area contributed by atoms with Crippen LogP contribution in [0.3, 0.4) is 0 Å². The van der Waals surface area contributed by atoms with Crippen LogP contribution in [0.4, 0.5) is 18.9 Å². The normalized spacial score (nSPS) is 16.7. The number of aromatic nitrogens is 1. The quantitative estimate of drug-likeness (QED) is 0.810. The standard InChI is InChI=1S/C19H16F3N3O/c20-19(21,22)14-6-3-13(4-7-14)5-8-15-9-10-16(12-24-15)25-18(26)17-2-1-11-23-17/h3-4,6-7,9-10,12,17,23H,1-2,11H2,(H,25,26)/t17-/m1/s1. The van der Waals surface area contributed by atoms with E-state index in [2.05, 4.69) is 27.5 Å². The molecule has 0 bridgehead atoms. The number of nitrogens with one attached hydrogen (secondary N) is 2. The van der Waals surface area contributed by atoms with Crippen molar-refractivity contribution in [1.29, 1.82) is 0 Å². The predicted octanol–water partition coefficient (Wildman–Crippen LogP) is 3.19. The molecule has 0 unspecified atom stereocenters. The van der Waals surface area contributed by atoms with E-state index >= 15 is 0 Å². The molecule has 3 rings (SSSR count). The molecule has 134 valence electrons. The number of anilines is 1. The third kappa shape index (κ3) is 4.61. The summed E-state index contributed by atoms with van der Waals surface area (Å²) >= 11 is 0. The van der Waals surface area contributed by atoms with Gasteiger partial charge in [0.1, 0.15) is 5.69 Å². The van der Waals surface area contributed by atoms with Gasteiger partial charge < -0.3 is 10.6 Å². The first-order valence-electron chi connectivity index (χ1n) is 8.11. The number of benzene rings is 1. The molecular formula is C19H16F3N3O. The fourth-order valence-corrected chi connectivity index (χ4v) is 2.56. The number of pyridine rings is 1. The van der Waals surface area contributed by atoms with Crippen LogP contribution in [-0.4, -0.2) is 23.5 Å². The lowest BCUT2D eigenvalue weighted by molar-refractivity contribution is -0.137. The van der Waals surface area contributed by atoms with Gasteiger partial charge in [-0.25, -0.2) is 4.98 Å². The lowest BCUT2D eigenvalue weighted by Gasteiger charge is -2.10. The van der Waals surface area contributed by atoms with Crippen LogP contribution in [0.2, 0.25) is 0 Å². The maximum atomic E-state index is 12.5. The third-order valence-electron chi connectivity index (χ3n) is 3.95. The Kier molecular flexibility index (Phi) is 5.24. The Hall–Kier alpha value is -2.85. The van der Waals surface area contributed by atoms with Crippen molar-refractivity contribution < 1.29 is 18.0 Å². The highest BCUT2D eigenvalue weighted by Crippen LogP contribution is 2.28. The molecule has 0 spiro atoms. The summed E-state index contributed by atoms with van der Waals surface area (Å²) in [5.41, 5.74) is 0.785. The van der Waals surface area contributed by atoms with E-state index in [4.69, 9.17) is 0 Å². The summed E-state index contributed by atoms with van der Waals surface area (Å²) < 4.78 is 37.6. The Labute approximate surface area is 148 Å². The van der Waals surface area contributed by atoms with Gasteiger partial charge >= 0.3 is 6.18 Å². The fraction of sp³-hybridized carbons (Fsp3) is 0.263. The minimum absolute atomic E-state index is 0.0899. The van der Waals surface area contributed by atoms with Gasteiger partial charge in [0, 0.05) is 5.56 Å². The molecule has 2 aromatic rings. The van der Waals surface area contributed by atoms with E-state index in [0.717, 1.165) is 31.5 Å². The van der Waals surface area contributed by atoms with E-state index in [1.807, 2.05) is 0 Å². The average molecular weight is 359 g/mol. The van der Waals surface area contributed by atoms with Gasteiger partial charge in [0.25, 0.3) is 0 Å². The van der Waals surface area contributed by atoms with E-state index in [1.165, 1.54) is 18.3 Å². The first-order valence-corrected chi connectivity index (χ1v) is 8.11. The molecule has 1 fully saturated rings. The minimum atomic E-state index is -4.36. The maximum Gasteiger partial charge on any atom is 0.416 e. The number of amides is 1. The first-order chi connectivity index (χ1) is 12.4. The summed E-state index contributed by atoms with van der Waals surface area (Å²) in [5, 5.41) is 5.90. The van der Waals surface area contributed by atoms with Crippen molar-refractivity contribution >= 4 is 11.6 Å². The van der Waals surface area contributed by atoms with E-state index < -0.39 is 11.7 Å². The van der Waals surface area contributed by atoms with Crippen molar-refractivity contribution in [2.24, 2.45) is 0 Å². The highest BCUT2D eigenvalue weighted by molar-refractivity contribution is 5.94. The predicted molar refractivity (Wildman–Crippen MR) is 91.3 cm³/mol.